The molecule has 2 saturated carbocycles. The largest absolute Gasteiger partial charge is 0.508 e. The van der Waals surface area contributed by atoms with Crippen molar-refractivity contribution in [3.63, 3.8) is 0 Å². The molecule has 1 heteroatoms. The van der Waals surface area contributed by atoms with Crippen LogP contribution >= 0.6 is 0 Å². The lowest BCUT2D eigenvalue weighted by atomic mass is 9.51. The average Bonchev–Trinajstić information content (AvgIpc) is 2.83. The average molecular weight is 298 g/mol. The van der Waals surface area contributed by atoms with Crippen LogP contribution in [0.1, 0.15) is 69.9 Å². The van der Waals surface area contributed by atoms with E-state index in [0.717, 1.165) is 36.0 Å². The van der Waals surface area contributed by atoms with E-state index in [1.807, 2.05) is 12.1 Å². The van der Waals surface area contributed by atoms with Gasteiger partial charge in [-0.15, -0.1) is 0 Å². The first-order chi connectivity index (χ1) is 10.5. The van der Waals surface area contributed by atoms with Gasteiger partial charge in [-0.3, -0.25) is 0 Å². The van der Waals surface area contributed by atoms with Gasteiger partial charge in [-0.25, -0.2) is 0 Å². The van der Waals surface area contributed by atoms with Crippen molar-refractivity contribution in [3.05, 3.63) is 29.3 Å². The molecule has 4 unspecified atom stereocenters. The predicted octanol–water partition coefficient (Wildman–Crippen LogP) is 5.52. The molecule has 3 aliphatic carbocycles. The highest BCUT2D eigenvalue weighted by molar-refractivity contribution is 5.40. The van der Waals surface area contributed by atoms with E-state index >= 15 is 0 Å². The minimum atomic E-state index is 0.442. The van der Waals surface area contributed by atoms with Crippen LogP contribution in [0, 0.1) is 29.1 Å². The van der Waals surface area contributed by atoms with E-state index < -0.39 is 0 Å². The van der Waals surface area contributed by atoms with Gasteiger partial charge in [-0.2, -0.15) is 0 Å². The zero-order valence-electron chi connectivity index (χ0n) is 14.3. The molecule has 1 aromatic rings. The molecule has 0 bridgehead atoms. The van der Waals surface area contributed by atoms with Gasteiger partial charge in [-0.1, -0.05) is 33.3 Å². The van der Waals surface area contributed by atoms with Gasteiger partial charge in [0.15, 0.2) is 0 Å². The summed E-state index contributed by atoms with van der Waals surface area (Å²) in [6.45, 7) is 7.47. The standard InChI is InChI=1S/C21H30O/c1-4-15-5-8-19-20-13(2)11-14-12-16(22)6-7-17(14)18(20)9-10-21(15,19)3/h6-7,12-13,15,18-20,22H,4-5,8-11H2,1-3H3/t13?,15-,18?,19?,20?,21+/m0/s1. The van der Waals surface area contributed by atoms with Crippen molar-refractivity contribution in [2.24, 2.45) is 29.1 Å². The Kier molecular flexibility index (Phi) is 3.33. The van der Waals surface area contributed by atoms with E-state index in [2.05, 4.69) is 26.8 Å². The van der Waals surface area contributed by atoms with E-state index in [9.17, 15) is 5.11 Å². The lowest BCUT2D eigenvalue weighted by Gasteiger charge is -2.53. The maximum atomic E-state index is 9.83. The van der Waals surface area contributed by atoms with Crippen LogP contribution in [0.4, 0.5) is 0 Å². The second kappa shape index (κ2) is 5.01. The molecule has 4 rings (SSSR count). The number of hydrogen-bond acceptors (Lipinski definition) is 1. The Morgan fingerprint density at radius 1 is 1.23 bits per heavy atom. The van der Waals surface area contributed by atoms with Crippen LogP contribution in [-0.2, 0) is 6.42 Å². The molecule has 3 aliphatic rings. The van der Waals surface area contributed by atoms with Crippen LogP contribution in [0.25, 0.3) is 0 Å². The molecule has 120 valence electrons. The fourth-order valence-electron chi connectivity index (χ4n) is 6.74. The Morgan fingerprint density at radius 3 is 2.82 bits per heavy atom. The van der Waals surface area contributed by atoms with E-state index in [1.54, 1.807) is 5.56 Å². The normalized spacial score (nSPS) is 43.3. The highest BCUT2D eigenvalue weighted by atomic mass is 16.3. The topological polar surface area (TPSA) is 20.2 Å². The number of aromatic hydroxyl groups is 1. The molecule has 1 nitrogen and oxygen atoms in total. The lowest BCUT2D eigenvalue weighted by molar-refractivity contribution is 0.00489. The second-order valence-corrected chi connectivity index (χ2v) is 8.58. The van der Waals surface area contributed by atoms with E-state index in [4.69, 9.17) is 0 Å². The van der Waals surface area contributed by atoms with Gasteiger partial charge in [-0.05, 0) is 90.4 Å². The highest BCUT2D eigenvalue weighted by Crippen LogP contribution is 2.64. The summed E-state index contributed by atoms with van der Waals surface area (Å²) < 4.78 is 0. The van der Waals surface area contributed by atoms with Gasteiger partial charge in [0.2, 0.25) is 0 Å². The summed E-state index contributed by atoms with van der Waals surface area (Å²) in [4.78, 5) is 0. The molecule has 6 atom stereocenters. The molecule has 0 radical (unpaired) electrons. The molecule has 1 N–H and O–H groups in total. The molecule has 0 spiro atoms. The first kappa shape index (κ1) is 14.6. The Bertz CT molecular complexity index is 577. The van der Waals surface area contributed by atoms with Crippen molar-refractivity contribution >= 4 is 0 Å². The molecular weight excluding hydrogens is 268 g/mol. The minimum Gasteiger partial charge on any atom is -0.508 e. The van der Waals surface area contributed by atoms with Gasteiger partial charge in [0, 0.05) is 0 Å². The molecule has 0 aliphatic heterocycles. The maximum absolute atomic E-state index is 9.83. The third kappa shape index (κ3) is 1.90. The summed E-state index contributed by atoms with van der Waals surface area (Å²) in [6, 6.07) is 6.16. The van der Waals surface area contributed by atoms with Crippen LogP contribution in [0.2, 0.25) is 0 Å². The van der Waals surface area contributed by atoms with Crippen molar-refractivity contribution in [2.75, 3.05) is 0 Å². The molecule has 0 aromatic heterocycles. The van der Waals surface area contributed by atoms with Crippen molar-refractivity contribution in [3.8, 4) is 5.75 Å². The Labute approximate surface area is 135 Å². The summed E-state index contributed by atoms with van der Waals surface area (Å²) in [5, 5.41) is 9.83. The second-order valence-electron chi connectivity index (χ2n) is 8.58. The molecule has 1 aromatic carbocycles. The summed E-state index contributed by atoms with van der Waals surface area (Å²) in [5.74, 6) is 4.69. The first-order valence-corrected chi connectivity index (χ1v) is 9.36. The van der Waals surface area contributed by atoms with Crippen molar-refractivity contribution in [1.82, 2.24) is 0 Å². The van der Waals surface area contributed by atoms with Gasteiger partial charge in [0.1, 0.15) is 5.75 Å². The molecule has 0 amide bonds. The minimum absolute atomic E-state index is 0.442. The van der Waals surface area contributed by atoms with Gasteiger partial charge >= 0.3 is 0 Å². The van der Waals surface area contributed by atoms with Crippen molar-refractivity contribution in [2.45, 2.75) is 65.2 Å². The fraction of sp³-hybridized carbons (Fsp3) is 0.714. The fourth-order valence-corrected chi connectivity index (χ4v) is 6.74. The van der Waals surface area contributed by atoms with Gasteiger partial charge in [0.25, 0.3) is 0 Å². The number of benzene rings is 1. The van der Waals surface area contributed by atoms with E-state index in [0.29, 0.717) is 11.2 Å². The SMILES string of the molecule is CC[C@H]1CCC2C3C(C)Cc4cc(O)ccc4C3CC[C@@]21C. The maximum Gasteiger partial charge on any atom is 0.115 e. The predicted molar refractivity (Wildman–Crippen MR) is 91.1 cm³/mol. The quantitative estimate of drug-likeness (QED) is 0.723. The Balaban J connectivity index is 1.73. The summed E-state index contributed by atoms with van der Waals surface area (Å²) in [7, 11) is 0. The van der Waals surface area contributed by atoms with Crippen LogP contribution < -0.4 is 0 Å². The van der Waals surface area contributed by atoms with Crippen LogP contribution in [0.5, 0.6) is 5.75 Å². The van der Waals surface area contributed by atoms with Crippen molar-refractivity contribution < 1.29 is 5.11 Å². The number of hydrogen-bond donors (Lipinski definition) is 1. The van der Waals surface area contributed by atoms with E-state index in [-0.39, 0.29) is 0 Å². The monoisotopic (exact) mass is 298 g/mol. The Hall–Kier alpha value is -0.980. The summed E-state index contributed by atoms with van der Waals surface area (Å²) in [6.07, 6.45) is 8.20. The number of phenolic OH excluding ortho intramolecular Hbond substituents is 1. The van der Waals surface area contributed by atoms with Crippen molar-refractivity contribution in [1.29, 1.82) is 0 Å². The Morgan fingerprint density at radius 2 is 2.05 bits per heavy atom. The molecule has 0 heterocycles. The zero-order valence-corrected chi connectivity index (χ0v) is 14.3. The van der Waals surface area contributed by atoms with Crippen LogP contribution in [-0.4, -0.2) is 5.11 Å². The van der Waals surface area contributed by atoms with Crippen LogP contribution in [0.3, 0.4) is 0 Å². The highest BCUT2D eigenvalue weighted by Gasteiger charge is 2.55. The molecular formula is C21H30O. The van der Waals surface area contributed by atoms with E-state index in [1.165, 1.54) is 37.7 Å². The third-order valence-corrected chi connectivity index (χ3v) is 7.75. The number of phenols is 1. The summed E-state index contributed by atoms with van der Waals surface area (Å²) in [5.41, 5.74) is 3.57. The third-order valence-electron chi connectivity index (χ3n) is 7.75. The summed E-state index contributed by atoms with van der Waals surface area (Å²) >= 11 is 0. The number of rotatable bonds is 1. The van der Waals surface area contributed by atoms with Crippen LogP contribution in [0.15, 0.2) is 18.2 Å². The number of fused-ring (bicyclic) bond motifs is 5. The first-order valence-electron chi connectivity index (χ1n) is 9.36. The molecule has 22 heavy (non-hydrogen) atoms. The zero-order chi connectivity index (χ0) is 15.5. The molecule has 0 saturated heterocycles. The van der Waals surface area contributed by atoms with Gasteiger partial charge in [0.05, 0.1) is 0 Å². The van der Waals surface area contributed by atoms with Gasteiger partial charge < -0.3 is 5.11 Å². The lowest BCUT2D eigenvalue weighted by Crippen LogP contribution is -2.45. The smallest absolute Gasteiger partial charge is 0.115 e. The molecule has 2 fully saturated rings.